The van der Waals surface area contributed by atoms with Crippen LogP contribution in [0.25, 0.3) is 0 Å². The summed E-state index contributed by atoms with van der Waals surface area (Å²) in [6, 6.07) is 0. The molecule has 0 aromatic carbocycles. The first kappa shape index (κ1) is 9.98. The number of esters is 1. The van der Waals surface area contributed by atoms with E-state index in [2.05, 4.69) is 0 Å². The zero-order chi connectivity index (χ0) is 8.36. The molecule has 1 atom stereocenters. The number of hydrogen-bond acceptors (Lipinski definition) is 2. The lowest BCUT2D eigenvalue weighted by molar-refractivity contribution is -0.142. The molecule has 1 unspecified atom stereocenters. The van der Waals surface area contributed by atoms with Gasteiger partial charge in [0.1, 0.15) is 5.73 Å². The van der Waals surface area contributed by atoms with E-state index in [0.29, 0.717) is 0 Å². The van der Waals surface area contributed by atoms with Crippen molar-refractivity contribution in [3.05, 3.63) is 0 Å². The topological polar surface area (TPSA) is 26.3 Å². The highest BCUT2D eigenvalue weighted by Crippen LogP contribution is 2.15. The highest BCUT2D eigenvalue weighted by atomic mass is 35.6. The molecule has 0 amide bonds. The summed E-state index contributed by atoms with van der Waals surface area (Å²) in [7, 11) is -1.79. The Balaban J connectivity index is 3.85. The fourth-order valence-corrected chi connectivity index (χ4v) is 0.969. The molecule has 0 aliphatic carbocycles. The van der Waals surface area contributed by atoms with Crippen LogP contribution in [0.15, 0.2) is 0 Å². The second-order valence-corrected chi connectivity index (χ2v) is 9.68. The molecular formula is C6H13ClO2Si. The Morgan fingerprint density at radius 2 is 2.00 bits per heavy atom. The average molecular weight is 181 g/mol. The van der Waals surface area contributed by atoms with Gasteiger partial charge in [-0.2, -0.15) is 11.1 Å². The van der Waals surface area contributed by atoms with Crippen molar-refractivity contribution in [1.82, 2.24) is 0 Å². The zero-order valence-corrected chi connectivity index (χ0v) is 8.53. The van der Waals surface area contributed by atoms with Crippen LogP contribution in [-0.4, -0.2) is 19.1 Å². The van der Waals surface area contributed by atoms with Gasteiger partial charge in [-0.1, -0.05) is 13.1 Å². The fourth-order valence-electron chi connectivity index (χ4n) is 0.389. The normalized spacial score (nSPS) is 14.5. The highest BCUT2D eigenvalue weighted by molar-refractivity contribution is 7.19. The van der Waals surface area contributed by atoms with Crippen LogP contribution < -0.4 is 0 Å². The van der Waals surface area contributed by atoms with Crippen LogP contribution in [-0.2, 0) is 9.53 Å². The van der Waals surface area contributed by atoms with Gasteiger partial charge in [-0.25, -0.2) is 0 Å². The first-order chi connectivity index (χ1) is 4.34. The molecule has 10 heavy (non-hydrogen) atoms. The van der Waals surface area contributed by atoms with Crippen molar-refractivity contribution >= 4 is 24.4 Å². The first-order valence-electron chi connectivity index (χ1n) is 3.20. The van der Waals surface area contributed by atoms with Crippen molar-refractivity contribution in [3.8, 4) is 0 Å². The minimum atomic E-state index is -1.79. The van der Waals surface area contributed by atoms with Gasteiger partial charge in [0.05, 0.1) is 0 Å². The van der Waals surface area contributed by atoms with Crippen LogP contribution in [0, 0.1) is 0 Å². The third-order valence-electron chi connectivity index (χ3n) is 1.31. The molecule has 0 aromatic rings. The summed E-state index contributed by atoms with van der Waals surface area (Å²) in [5, 5.41) is 0. The second kappa shape index (κ2) is 3.39. The molecule has 0 fully saturated rings. The van der Waals surface area contributed by atoms with Crippen molar-refractivity contribution in [2.45, 2.75) is 32.7 Å². The summed E-state index contributed by atoms with van der Waals surface area (Å²) in [4.78, 5) is 10.4. The van der Waals surface area contributed by atoms with Crippen LogP contribution in [0.2, 0.25) is 13.1 Å². The summed E-state index contributed by atoms with van der Waals surface area (Å²) in [5.41, 5.74) is -0.105. The summed E-state index contributed by atoms with van der Waals surface area (Å²) in [5.74, 6) is -0.256. The SMILES string of the molecule is CC(=O)OC(C)[Si](C)(C)Cl. The molecule has 0 saturated carbocycles. The van der Waals surface area contributed by atoms with E-state index >= 15 is 0 Å². The zero-order valence-electron chi connectivity index (χ0n) is 6.77. The Bertz CT molecular complexity index is 130. The molecule has 0 saturated heterocycles. The van der Waals surface area contributed by atoms with Crippen molar-refractivity contribution in [2.24, 2.45) is 0 Å². The van der Waals surface area contributed by atoms with E-state index in [1.54, 1.807) is 0 Å². The lowest BCUT2D eigenvalue weighted by Gasteiger charge is -2.21. The Labute approximate surface area is 67.2 Å². The van der Waals surface area contributed by atoms with E-state index in [0.717, 1.165) is 0 Å². The Hall–Kier alpha value is -0.0231. The van der Waals surface area contributed by atoms with Crippen molar-refractivity contribution < 1.29 is 9.53 Å². The number of ether oxygens (including phenoxy) is 1. The van der Waals surface area contributed by atoms with Gasteiger partial charge < -0.3 is 4.74 Å². The van der Waals surface area contributed by atoms with E-state index in [4.69, 9.17) is 15.8 Å². The van der Waals surface area contributed by atoms with Crippen molar-refractivity contribution in [1.29, 1.82) is 0 Å². The standard InChI is InChI=1S/C6H13ClO2Si/c1-5(8)9-6(2)10(3,4)7/h6H,1-4H3. The highest BCUT2D eigenvalue weighted by Gasteiger charge is 2.28. The van der Waals surface area contributed by atoms with Gasteiger partial charge in [0.15, 0.2) is 7.38 Å². The summed E-state index contributed by atoms with van der Waals surface area (Å²) in [6.45, 7) is 7.12. The first-order valence-corrected chi connectivity index (χ1v) is 7.29. The molecule has 0 aromatic heterocycles. The van der Waals surface area contributed by atoms with Crippen LogP contribution in [0.5, 0.6) is 0 Å². The van der Waals surface area contributed by atoms with E-state index < -0.39 is 7.38 Å². The number of carbonyl (C=O) groups excluding carboxylic acids is 1. The predicted octanol–water partition coefficient (Wildman–Crippen LogP) is 1.92. The monoisotopic (exact) mass is 180 g/mol. The van der Waals surface area contributed by atoms with Gasteiger partial charge in [-0.15, -0.1) is 0 Å². The van der Waals surface area contributed by atoms with Gasteiger partial charge in [0.25, 0.3) is 0 Å². The molecule has 4 heteroatoms. The molecule has 0 bridgehead atoms. The van der Waals surface area contributed by atoms with Gasteiger partial charge in [-0.3, -0.25) is 4.79 Å². The molecule has 0 aliphatic rings. The second-order valence-electron chi connectivity index (χ2n) is 2.82. The third kappa shape index (κ3) is 3.90. The Morgan fingerprint density at radius 1 is 1.60 bits per heavy atom. The quantitative estimate of drug-likeness (QED) is 0.369. The van der Waals surface area contributed by atoms with E-state index in [1.807, 2.05) is 20.0 Å². The molecule has 0 heterocycles. The molecule has 0 rings (SSSR count). The average Bonchev–Trinajstić information content (AvgIpc) is 1.60. The van der Waals surface area contributed by atoms with Crippen molar-refractivity contribution in [3.63, 3.8) is 0 Å². The van der Waals surface area contributed by atoms with Gasteiger partial charge in [0, 0.05) is 6.92 Å². The Kier molecular flexibility index (Phi) is 3.38. The number of rotatable bonds is 2. The maximum absolute atomic E-state index is 10.4. The molecule has 0 aliphatic heterocycles. The molecule has 0 spiro atoms. The van der Waals surface area contributed by atoms with Crippen LogP contribution in [0.4, 0.5) is 0 Å². The van der Waals surface area contributed by atoms with Gasteiger partial charge in [0.2, 0.25) is 0 Å². The fraction of sp³-hybridized carbons (Fsp3) is 0.833. The minimum absolute atomic E-state index is 0.105. The largest absolute Gasteiger partial charge is 0.465 e. The maximum Gasteiger partial charge on any atom is 0.302 e. The summed E-state index contributed by atoms with van der Waals surface area (Å²) < 4.78 is 4.91. The number of carbonyl (C=O) groups is 1. The van der Waals surface area contributed by atoms with E-state index in [1.165, 1.54) is 6.92 Å². The Morgan fingerprint density at radius 3 is 2.10 bits per heavy atom. The third-order valence-corrected chi connectivity index (χ3v) is 4.28. The lowest BCUT2D eigenvalue weighted by Crippen LogP contribution is -2.36. The van der Waals surface area contributed by atoms with Gasteiger partial charge >= 0.3 is 5.97 Å². The predicted molar refractivity (Wildman–Crippen MR) is 44.6 cm³/mol. The summed E-state index contributed by atoms with van der Waals surface area (Å²) in [6.07, 6.45) is 0. The van der Waals surface area contributed by atoms with E-state index in [-0.39, 0.29) is 11.7 Å². The molecule has 2 nitrogen and oxygen atoms in total. The number of hydrogen-bond donors (Lipinski definition) is 0. The lowest BCUT2D eigenvalue weighted by atomic mass is 10.8. The maximum atomic E-state index is 10.4. The molecule has 0 N–H and O–H groups in total. The number of halogens is 1. The smallest absolute Gasteiger partial charge is 0.302 e. The molecule has 60 valence electrons. The molecule has 0 radical (unpaired) electrons. The van der Waals surface area contributed by atoms with Crippen LogP contribution in [0.3, 0.4) is 0 Å². The molecular weight excluding hydrogens is 168 g/mol. The van der Waals surface area contributed by atoms with Crippen molar-refractivity contribution in [2.75, 3.05) is 0 Å². The van der Waals surface area contributed by atoms with Crippen LogP contribution in [0.1, 0.15) is 13.8 Å². The minimum Gasteiger partial charge on any atom is -0.465 e. The van der Waals surface area contributed by atoms with Gasteiger partial charge in [-0.05, 0) is 6.92 Å². The van der Waals surface area contributed by atoms with E-state index in [9.17, 15) is 4.79 Å². The summed E-state index contributed by atoms with van der Waals surface area (Å²) >= 11 is 5.99. The van der Waals surface area contributed by atoms with Crippen LogP contribution >= 0.6 is 11.1 Å².